The predicted octanol–water partition coefficient (Wildman–Crippen LogP) is 15.0. The van der Waals surface area contributed by atoms with Crippen molar-refractivity contribution in [3.8, 4) is 50.8 Å². The Morgan fingerprint density at radius 1 is 0.515 bits per heavy atom. The lowest BCUT2D eigenvalue weighted by Crippen LogP contribution is -2.16. The highest BCUT2D eigenvalue weighted by atomic mass is 79.9. The van der Waals surface area contributed by atoms with E-state index >= 15 is 0 Å². The minimum Gasteiger partial charge on any atom is -0.363 e. The van der Waals surface area contributed by atoms with Gasteiger partial charge in [-0.15, -0.1) is 0 Å². The maximum atomic E-state index is 11.1. The van der Waals surface area contributed by atoms with Crippen LogP contribution in [0.25, 0.3) is 71.7 Å². The summed E-state index contributed by atoms with van der Waals surface area (Å²) in [6.45, 7) is 37.8. The summed E-state index contributed by atoms with van der Waals surface area (Å²) >= 11 is 3.63. The summed E-state index contributed by atoms with van der Waals surface area (Å²) in [7, 11) is 0. The van der Waals surface area contributed by atoms with Gasteiger partial charge >= 0.3 is 0 Å². The monoisotopic (exact) mass is 956 g/mol. The van der Waals surface area contributed by atoms with Crippen LogP contribution in [-0.2, 0) is 21.7 Å². The molecular weight excluding hydrogens is 897 g/mol. The molecule has 342 valence electrons. The molecular formula is C61H61BrN6. The molecule has 8 aromatic rings. The number of nitriles is 1. The molecule has 0 aliphatic carbocycles. The number of aromatic nitrogens is 4. The molecule has 6 nitrogen and oxygen atoms in total. The standard InChI is InChI=1S/C61H61BrN6/c1-36-23-25-65-49(27-36)48(35-63)55-51-52(54(67-55)40-21-17-38(18-22-40)42-30-45(60(8,9)10)33-46(31-42)61(11,12)13)57(56(64-14)50-34-47(62)24-26-66-50)68-53(51)39-19-15-37(16-20-39)41-28-43(58(2,3)4)32-44(29-41)59(5,6)7/h15-34,67-68H,1-13H3/b55-48-,57-56+. The van der Waals surface area contributed by atoms with Crippen molar-refractivity contribution >= 4 is 38.0 Å². The molecule has 0 unspecified atom stereocenters. The number of aryl methyl sites for hydroxylation is 1. The molecule has 0 aliphatic heterocycles. The molecule has 0 aliphatic rings. The van der Waals surface area contributed by atoms with Crippen molar-refractivity contribution in [2.45, 2.75) is 112 Å². The molecule has 4 aromatic carbocycles. The van der Waals surface area contributed by atoms with E-state index in [1.54, 1.807) is 12.4 Å². The maximum absolute atomic E-state index is 11.1. The van der Waals surface area contributed by atoms with Crippen LogP contribution in [0.1, 0.15) is 122 Å². The lowest BCUT2D eigenvalue weighted by Gasteiger charge is -2.26. The van der Waals surface area contributed by atoms with Crippen LogP contribution >= 0.6 is 15.9 Å². The minimum atomic E-state index is -0.0283. The molecule has 0 atom stereocenters. The molecule has 4 heterocycles. The molecule has 8 rings (SSSR count). The Morgan fingerprint density at radius 3 is 1.31 bits per heavy atom. The van der Waals surface area contributed by atoms with E-state index in [1.165, 1.54) is 22.3 Å². The molecule has 0 bridgehead atoms. The van der Waals surface area contributed by atoms with Crippen molar-refractivity contribution in [2.24, 2.45) is 0 Å². The van der Waals surface area contributed by atoms with E-state index in [1.807, 2.05) is 31.2 Å². The number of nitrogens with zero attached hydrogens (tertiary/aromatic N) is 4. The first-order chi connectivity index (χ1) is 31.9. The Bertz CT molecular complexity index is 3150. The fraction of sp³-hybridized carbons (Fsp3) is 0.279. The van der Waals surface area contributed by atoms with Crippen molar-refractivity contribution in [3.63, 3.8) is 0 Å². The molecule has 0 saturated carbocycles. The summed E-state index contributed by atoms with van der Waals surface area (Å²) in [6, 6.07) is 41.3. The van der Waals surface area contributed by atoms with Crippen molar-refractivity contribution < 1.29 is 0 Å². The molecule has 68 heavy (non-hydrogen) atoms. The number of aromatic amines is 2. The molecule has 0 fully saturated rings. The van der Waals surface area contributed by atoms with Crippen molar-refractivity contribution in [1.29, 1.82) is 5.26 Å². The van der Waals surface area contributed by atoms with Gasteiger partial charge in [0.2, 0.25) is 5.70 Å². The lowest BCUT2D eigenvalue weighted by atomic mass is 9.79. The van der Waals surface area contributed by atoms with Gasteiger partial charge in [-0.2, -0.15) is 5.26 Å². The topological polar surface area (TPSA) is 85.5 Å². The Kier molecular flexibility index (Phi) is 12.4. The first-order valence-electron chi connectivity index (χ1n) is 23.3. The van der Waals surface area contributed by atoms with Gasteiger partial charge < -0.3 is 9.97 Å². The number of hydrogen-bond acceptors (Lipinski definition) is 3. The zero-order valence-corrected chi connectivity index (χ0v) is 43.3. The molecule has 0 spiro atoms. The van der Waals surface area contributed by atoms with E-state index in [-0.39, 0.29) is 21.7 Å². The summed E-state index contributed by atoms with van der Waals surface area (Å²) in [5.74, 6) is 0. The van der Waals surface area contributed by atoms with Gasteiger partial charge in [0, 0.05) is 27.6 Å². The van der Waals surface area contributed by atoms with E-state index in [4.69, 9.17) is 16.5 Å². The first-order valence-corrected chi connectivity index (χ1v) is 24.1. The SMILES string of the molecule is [C-]#[N+]/C(c1cc(Br)ccn1)=c1/[nH]c(-c2ccc(-c3cc(C(C)(C)C)cc(C(C)(C)C)c3)cc2)c2/c(=C(\C#N)c3cc(C)ccn3)[nH]c(-c3ccc(-c4cc(C(C)(C)C)cc(C(C)(C)C)c4)cc3)c12. The Hall–Kier alpha value is -6.80. The number of halogens is 1. The molecule has 0 saturated heterocycles. The van der Waals surface area contributed by atoms with Gasteiger partial charge in [0.15, 0.2) is 0 Å². The van der Waals surface area contributed by atoms with E-state index in [2.05, 4.69) is 205 Å². The number of fused-ring (bicyclic) bond motifs is 1. The predicted molar refractivity (Wildman–Crippen MR) is 287 cm³/mol. The van der Waals surface area contributed by atoms with Crippen LogP contribution in [0, 0.1) is 24.8 Å². The molecule has 0 radical (unpaired) electrons. The second-order valence-electron chi connectivity index (χ2n) is 22.3. The van der Waals surface area contributed by atoms with Gasteiger partial charge in [0.1, 0.15) is 11.6 Å². The van der Waals surface area contributed by atoms with E-state index in [9.17, 15) is 5.26 Å². The smallest absolute Gasteiger partial charge is 0.235 e. The van der Waals surface area contributed by atoms with E-state index in [0.29, 0.717) is 33.4 Å². The van der Waals surface area contributed by atoms with E-state index < -0.39 is 0 Å². The number of nitrogens with one attached hydrogen (secondary N) is 2. The second kappa shape index (κ2) is 17.7. The summed E-state index contributed by atoms with van der Waals surface area (Å²) in [4.78, 5) is 21.2. The van der Waals surface area contributed by atoms with Gasteiger partial charge in [-0.3, -0.25) is 9.97 Å². The highest BCUT2D eigenvalue weighted by Crippen LogP contribution is 2.39. The largest absolute Gasteiger partial charge is 0.363 e. The molecule has 0 amide bonds. The average Bonchev–Trinajstić information content (AvgIpc) is 3.85. The number of rotatable bonds is 6. The van der Waals surface area contributed by atoms with Crippen molar-refractivity contribution in [2.75, 3.05) is 0 Å². The first kappa shape index (κ1) is 47.7. The van der Waals surface area contributed by atoms with Gasteiger partial charge in [0.25, 0.3) is 0 Å². The highest BCUT2D eigenvalue weighted by molar-refractivity contribution is 9.10. The summed E-state index contributed by atoms with van der Waals surface area (Å²) in [5.41, 5.74) is 15.8. The van der Waals surface area contributed by atoms with Crippen LogP contribution in [-0.4, -0.2) is 19.9 Å². The summed E-state index contributed by atoms with van der Waals surface area (Å²) < 4.78 is 0.814. The number of pyridine rings is 2. The number of hydrogen-bond donors (Lipinski definition) is 2. The number of benzene rings is 4. The normalized spacial score (nSPS) is 13.3. The molecule has 7 heteroatoms. The Labute approximate surface area is 410 Å². The number of H-pyrrole nitrogens is 2. The average molecular weight is 958 g/mol. The van der Waals surface area contributed by atoms with Crippen LogP contribution in [0.5, 0.6) is 0 Å². The zero-order chi connectivity index (χ0) is 49.1. The lowest BCUT2D eigenvalue weighted by molar-refractivity contribution is 0.568. The molecule has 4 aromatic heterocycles. The van der Waals surface area contributed by atoms with Crippen LogP contribution in [0.15, 0.2) is 126 Å². The summed E-state index contributed by atoms with van der Waals surface area (Å²) in [5, 5.41) is 13.9. The van der Waals surface area contributed by atoms with Gasteiger partial charge in [0.05, 0.1) is 40.0 Å². The fourth-order valence-corrected chi connectivity index (χ4v) is 9.05. The summed E-state index contributed by atoms with van der Waals surface area (Å²) in [6.07, 6.45) is 3.45. The third-order valence-electron chi connectivity index (χ3n) is 12.9. The fourth-order valence-electron chi connectivity index (χ4n) is 8.72. The van der Waals surface area contributed by atoms with Crippen LogP contribution < -0.4 is 10.7 Å². The van der Waals surface area contributed by atoms with E-state index in [0.717, 1.165) is 65.6 Å². The van der Waals surface area contributed by atoms with Crippen LogP contribution in [0.4, 0.5) is 0 Å². The third kappa shape index (κ3) is 9.51. The van der Waals surface area contributed by atoms with Crippen molar-refractivity contribution in [1.82, 2.24) is 19.9 Å². The quantitative estimate of drug-likeness (QED) is 0.163. The van der Waals surface area contributed by atoms with Crippen LogP contribution in [0.2, 0.25) is 0 Å². The minimum absolute atomic E-state index is 0.0283. The van der Waals surface area contributed by atoms with Crippen LogP contribution in [0.3, 0.4) is 0 Å². The van der Waals surface area contributed by atoms with Crippen molar-refractivity contribution in [3.05, 3.63) is 187 Å². The molecule has 2 N–H and O–H groups in total. The van der Waals surface area contributed by atoms with Gasteiger partial charge in [-0.1, -0.05) is 184 Å². The Balaban J connectivity index is 1.43. The zero-order valence-electron chi connectivity index (χ0n) is 41.7. The Morgan fingerprint density at radius 2 is 0.912 bits per heavy atom. The second-order valence-corrected chi connectivity index (χ2v) is 23.2. The highest BCUT2D eigenvalue weighted by Gasteiger charge is 2.26. The third-order valence-corrected chi connectivity index (χ3v) is 13.4. The maximum Gasteiger partial charge on any atom is 0.235 e. The van der Waals surface area contributed by atoms with Gasteiger partial charge in [-0.05, 0) is 114 Å². The van der Waals surface area contributed by atoms with Gasteiger partial charge in [-0.25, -0.2) is 4.85 Å².